The monoisotopic (exact) mass is 323 g/mol. The Morgan fingerprint density at radius 3 is 2.52 bits per heavy atom. The number of hydrogen-bond acceptors (Lipinski definition) is 2. The Hall–Kier alpha value is -1.22. The third-order valence-corrected chi connectivity index (χ3v) is 4.01. The summed E-state index contributed by atoms with van der Waals surface area (Å²) in [6.45, 7) is 4.06. The molecule has 0 radical (unpaired) electrons. The first kappa shape index (κ1) is 16.2. The van der Waals surface area contributed by atoms with Gasteiger partial charge >= 0.3 is 0 Å². The minimum atomic E-state index is 0.125. The van der Waals surface area contributed by atoms with E-state index < -0.39 is 0 Å². The zero-order valence-corrected chi connectivity index (χ0v) is 13.7. The van der Waals surface area contributed by atoms with Gasteiger partial charge < -0.3 is 10.5 Å². The molecule has 1 unspecified atom stereocenters. The highest BCUT2D eigenvalue weighted by molar-refractivity contribution is 6.32. The quantitative estimate of drug-likeness (QED) is 0.802. The molecule has 0 bridgehead atoms. The van der Waals surface area contributed by atoms with E-state index in [1.54, 1.807) is 6.07 Å². The molecule has 112 valence electrons. The Labute approximate surface area is 135 Å². The molecule has 0 amide bonds. The molecule has 0 heterocycles. The smallest absolute Gasteiger partial charge is 0.146 e. The van der Waals surface area contributed by atoms with E-state index in [1.165, 1.54) is 0 Å². The van der Waals surface area contributed by atoms with Crippen molar-refractivity contribution >= 4 is 23.2 Å². The lowest BCUT2D eigenvalue weighted by Crippen LogP contribution is -2.21. The van der Waals surface area contributed by atoms with Crippen LogP contribution >= 0.6 is 23.2 Å². The van der Waals surface area contributed by atoms with Gasteiger partial charge in [0.1, 0.15) is 11.5 Å². The fourth-order valence-electron chi connectivity index (χ4n) is 2.00. The Kier molecular flexibility index (Phi) is 5.51. The molecule has 0 aliphatic rings. The number of nitrogens with two attached hydrogens (primary N) is 1. The number of hydrogen-bond donors (Lipinski definition) is 1. The van der Waals surface area contributed by atoms with E-state index in [9.17, 15) is 0 Å². The highest BCUT2D eigenvalue weighted by Crippen LogP contribution is 2.32. The second-order valence-corrected chi connectivity index (χ2v) is 5.98. The fraction of sp³-hybridized carbons (Fsp3) is 0.294. The summed E-state index contributed by atoms with van der Waals surface area (Å²) >= 11 is 12.4. The van der Waals surface area contributed by atoms with Crippen molar-refractivity contribution in [2.45, 2.75) is 32.7 Å². The largest absolute Gasteiger partial charge is 0.456 e. The van der Waals surface area contributed by atoms with Crippen LogP contribution in [0.3, 0.4) is 0 Å². The van der Waals surface area contributed by atoms with E-state index in [4.69, 9.17) is 33.7 Å². The molecule has 0 aromatic heterocycles. The van der Waals surface area contributed by atoms with Crippen LogP contribution in [-0.2, 0) is 6.42 Å². The molecular formula is C17H19Cl2NO. The van der Waals surface area contributed by atoms with Crippen LogP contribution in [0.25, 0.3) is 0 Å². The van der Waals surface area contributed by atoms with Crippen molar-refractivity contribution in [1.82, 2.24) is 0 Å². The molecule has 2 aromatic carbocycles. The lowest BCUT2D eigenvalue weighted by molar-refractivity contribution is 0.482. The Morgan fingerprint density at radius 1 is 1.10 bits per heavy atom. The minimum absolute atomic E-state index is 0.125. The molecule has 0 spiro atoms. The van der Waals surface area contributed by atoms with Crippen LogP contribution in [0.4, 0.5) is 0 Å². The average Bonchev–Trinajstić information content (AvgIpc) is 2.45. The van der Waals surface area contributed by atoms with Crippen molar-refractivity contribution in [2.24, 2.45) is 5.73 Å². The van der Waals surface area contributed by atoms with E-state index >= 15 is 0 Å². The fourth-order valence-corrected chi connectivity index (χ4v) is 2.40. The summed E-state index contributed by atoms with van der Waals surface area (Å²) in [5.74, 6) is 1.30. The van der Waals surface area contributed by atoms with Gasteiger partial charge in [0.25, 0.3) is 0 Å². The lowest BCUT2D eigenvalue weighted by Gasteiger charge is -2.13. The summed E-state index contributed by atoms with van der Waals surface area (Å²) in [5, 5.41) is 1.24. The third-order valence-electron chi connectivity index (χ3n) is 3.35. The maximum Gasteiger partial charge on any atom is 0.146 e. The first-order valence-corrected chi connectivity index (χ1v) is 7.73. The SMILES string of the molecule is CCC(N)Cc1ccc(Oc2cc(C)ccc2Cl)cc1Cl. The second kappa shape index (κ2) is 7.17. The minimum Gasteiger partial charge on any atom is -0.456 e. The van der Waals surface area contributed by atoms with Gasteiger partial charge in [-0.05, 0) is 55.2 Å². The van der Waals surface area contributed by atoms with Gasteiger partial charge in [-0.2, -0.15) is 0 Å². The number of aryl methyl sites for hydroxylation is 1. The summed E-state index contributed by atoms with van der Waals surface area (Å²) in [6, 6.07) is 11.4. The maximum atomic E-state index is 6.30. The molecule has 2 aromatic rings. The van der Waals surface area contributed by atoms with Crippen LogP contribution in [0.2, 0.25) is 10.0 Å². The molecule has 0 aliphatic carbocycles. The molecule has 2 N–H and O–H groups in total. The third kappa shape index (κ3) is 4.37. The van der Waals surface area contributed by atoms with Crippen molar-refractivity contribution in [1.29, 1.82) is 0 Å². The second-order valence-electron chi connectivity index (χ2n) is 5.16. The molecule has 0 aliphatic heterocycles. The van der Waals surface area contributed by atoms with Gasteiger partial charge in [-0.25, -0.2) is 0 Å². The molecule has 4 heteroatoms. The summed E-state index contributed by atoms with van der Waals surface area (Å²) in [5.41, 5.74) is 8.09. The summed E-state index contributed by atoms with van der Waals surface area (Å²) in [4.78, 5) is 0. The number of ether oxygens (including phenoxy) is 1. The highest BCUT2D eigenvalue weighted by atomic mass is 35.5. The molecule has 1 atom stereocenters. The normalized spacial score (nSPS) is 12.2. The van der Waals surface area contributed by atoms with E-state index in [2.05, 4.69) is 6.92 Å². The summed E-state index contributed by atoms with van der Waals surface area (Å²) < 4.78 is 5.81. The zero-order chi connectivity index (χ0) is 15.4. The highest BCUT2D eigenvalue weighted by Gasteiger charge is 2.09. The van der Waals surface area contributed by atoms with E-state index in [-0.39, 0.29) is 6.04 Å². The van der Waals surface area contributed by atoms with Crippen molar-refractivity contribution < 1.29 is 4.74 Å². The first-order valence-electron chi connectivity index (χ1n) is 6.97. The Morgan fingerprint density at radius 2 is 1.86 bits per heavy atom. The van der Waals surface area contributed by atoms with Gasteiger partial charge in [-0.1, -0.05) is 42.3 Å². The van der Waals surface area contributed by atoms with Crippen molar-refractivity contribution in [3.05, 3.63) is 57.6 Å². The maximum absolute atomic E-state index is 6.30. The van der Waals surface area contributed by atoms with Crippen LogP contribution < -0.4 is 10.5 Å². The lowest BCUT2D eigenvalue weighted by atomic mass is 10.0. The van der Waals surface area contributed by atoms with E-state index in [1.807, 2.05) is 37.3 Å². The van der Waals surface area contributed by atoms with E-state index in [0.29, 0.717) is 21.5 Å². The Bertz CT molecular complexity index is 628. The van der Waals surface area contributed by atoms with Gasteiger partial charge in [-0.15, -0.1) is 0 Å². The van der Waals surface area contributed by atoms with Crippen molar-refractivity contribution in [3.8, 4) is 11.5 Å². The number of benzene rings is 2. The van der Waals surface area contributed by atoms with Crippen LogP contribution in [0.1, 0.15) is 24.5 Å². The van der Waals surface area contributed by atoms with Gasteiger partial charge in [-0.3, -0.25) is 0 Å². The molecule has 0 saturated carbocycles. The standard InChI is InChI=1S/C17H19Cl2NO/c1-3-13(20)9-12-5-6-14(10-16(12)19)21-17-8-11(2)4-7-15(17)18/h4-8,10,13H,3,9,20H2,1-2H3. The summed E-state index contributed by atoms with van der Waals surface area (Å²) in [7, 11) is 0. The van der Waals surface area contributed by atoms with Crippen molar-refractivity contribution in [3.63, 3.8) is 0 Å². The molecule has 0 saturated heterocycles. The van der Waals surface area contributed by atoms with Crippen LogP contribution in [-0.4, -0.2) is 6.04 Å². The van der Waals surface area contributed by atoms with Gasteiger partial charge in [0.05, 0.1) is 5.02 Å². The predicted molar refractivity (Wildman–Crippen MR) is 89.7 cm³/mol. The number of halogens is 2. The average molecular weight is 324 g/mol. The molecular weight excluding hydrogens is 305 g/mol. The van der Waals surface area contributed by atoms with Gasteiger partial charge in [0, 0.05) is 11.1 Å². The molecule has 21 heavy (non-hydrogen) atoms. The predicted octanol–water partition coefficient (Wildman–Crippen LogP) is 5.37. The molecule has 0 fully saturated rings. The molecule has 2 nitrogen and oxygen atoms in total. The first-order chi connectivity index (χ1) is 9.99. The van der Waals surface area contributed by atoms with Gasteiger partial charge in [0.2, 0.25) is 0 Å². The topological polar surface area (TPSA) is 35.2 Å². The summed E-state index contributed by atoms with van der Waals surface area (Å²) in [6.07, 6.45) is 1.69. The zero-order valence-electron chi connectivity index (χ0n) is 12.2. The Balaban J connectivity index is 2.18. The number of rotatable bonds is 5. The van der Waals surface area contributed by atoms with E-state index in [0.717, 1.165) is 24.0 Å². The van der Waals surface area contributed by atoms with Crippen molar-refractivity contribution in [2.75, 3.05) is 0 Å². The van der Waals surface area contributed by atoms with Crippen LogP contribution in [0.5, 0.6) is 11.5 Å². The van der Waals surface area contributed by atoms with Gasteiger partial charge in [0.15, 0.2) is 0 Å². The van der Waals surface area contributed by atoms with Crippen LogP contribution in [0.15, 0.2) is 36.4 Å². The van der Waals surface area contributed by atoms with Crippen LogP contribution in [0, 0.1) is 6.92 Å². The molecule has 2 rings (SSSR count).